The van der Waals surface area contributed by atoms with E-state index < -0.39 is 5.97 Å². The van der Waals surface area contributed by atoms with Gasteiger partial charge in [-0.1, -0.05) is 12.1 Å². The number of carbonyl (C=O) groups excluding carboxylic acids is 1. The van der Waals surface area contributed by atoms with E-state index in [4.69, 9.17) is 9.84 Å². The molecule has 0 spiro atoms. The van der Waals surface area contributed by atoms with Gasteiger partial charge in [0, 0.05) is 11.3 Å². The summed E-state index contributed by atoms with van der Waals surface area (Å²) in [6, 6.07) is 9.40. The van der Waals surface area contributed by atoms with Gasteiger partial charge in [0.15, 0.2) is 0 Å². The van der Waals surface area contributed by atoms with E-state index >= 15 is 0 Å². The second-order valence-corrected chi connectivity index (χ2v) is 7.09. The zero-order valence-corrected chi connectivity index (χ0v) is 15.3. The molecule has 1 amide bonds. The second kappa shape index (κ2) is 9.22. The highest BCUT2D eigenvalue weighted by atomic mass is 32.1. The first-order valence-corrected chi connectivity index (χ1v) is 9.06. The molecule has 1 aromatic heterocycles. The Kier molecular flexibility index (Phi) is 7.01. The Balaban J connectivity index is 1.62. The number of carboxylic acids is 1. The summed E-state index contributed by atoms with van der Waals surface area (Å²) in [5, 5.41) is 11.7. The Hall–Kier alpha value is -2.34. The van der Waals surface area contributed by atoms with Crippen molar-refractivity contribution < 1.29 is 19.4 Å². The average Bonchev–Trinajstić information content (AvgIpc) is 3.05. The molecular formula is C19H23NO4S. The fraction of sp³-hybridized carbons (Fsp3) is 0.368. The Labute approximate surface area is 151 Å². The lowest BCUT2D eigenvalue weighted by Gasteiger charge is -2.10. The number of carbonyl (C=O) groups is 2. The summed E-state index contributed by atoms with van der Waals surface area (Å²) in [4.78, 5) is 23.8. The number of ether oxygens (including phenoxy) is 1. The quantitative estimate of drug-likeness (QED) is 0.664. The summed E-state index contributed by atoms with van der Waals surface area (Å²) in [6.45, 7) is 5.01. The number of hydrogen-bond acceptors (Lipinski definition) is 4. The van der Waals surface area contributed by atoms with Crippen LogP contribution in [-0.4, -0.2) is 23.6 Å². The largest absolute Gasteiger partial charge is 0.493 e. The van der Waals surface area contributed by atoms with Gasteiger partial charge < -0.3 is 15.2 Å². The number of aromatic carboxylic acids is 1. The zero-order chi connectivity index (χ0) is 18.2. The fourth-order valence-electron chi connectivity index (χ4n) is 2.29. The standard InChI is InChI=1S/C19H23NO4S/c1-13-6-7-14(2)16(11-13)24-10-4-3-5-18(21)20-12-15-8-9-17(25-15)19(22)23/h6-9,11H,3-5,10,12H2,1-2H3,(H,20,21)(H,22,23). The number of amides is 1. The highest BCUT2D eigenvalue weighted by Gasteiger charge is 2.08. The smallest absolute Gasteiger partial charge is 0.345 e. The molecule has 1 aromatic carbocycles. The molecule has 0 fully saturated rings. The monoisotopic (exact) mass is 361 g/mol. The molecule has 0 aliphatic heterocycles. The van der Waals surface area contributed by atoms with Gasteiger partial charge in [-0.3, -0.25) is 4.79 Å². The number of rotatable bonds is 9. The SMILES string of the molecule is Cc1ccc(C)c(OCCCCC(=O)NCc2ccc(C(=O)O)s2)c1. The van der Waals surface area contributed by atoms with Gasteiger partial charge in [-0.25, -0.2) is 4.79 Å². The molecule has 0 unspecified atom stereocenters. The van der Waals surface area contributed by atoms with Gasteiger partial charge in [-0.05, 0) is 56.0 Å². The van der Waals surface area contributed by atoms with Crippen LogP contribution in [0.3, 0.4) is 0 Å². The number of nitrogens with one attached hydrogen (secondary N) is 1. The Morgan fingerprint density at radius 3 is 2.68 bits per heavy atom. The van der Waals surface area contributed by atoms with Crippen LogP contribution in [0.5, 0.6) is 5.75 Å². The van der Waals surface area contributed by atoms with Crippen molar-refractivity contribution in [2.24, 2.45) is 0 Å². The molecule has 2 rings (SSSR count). The number of thiophene rings is 1. The number of benzene rings is 1. The van der Waals surface area contributed by atoms with Gasteiger partial charge >= 0.3 is 5.97 Å². The Morgan fingerprint density at radius 2 is 1.96 bits per heavy atom. The lowest BCUT2D eigenvalue weighted by atomic mass is 10.1. The van der Waals surface area contributed by atoms with E-state index in [1.54, 1.807) is 12.1 Å². The molecule has 134 valence electrons. The van der Waals surface area contributed by atoms with E-state index in [2.05, 4.69) is 11.4 Å². The van der Waals surface area contributed by atoms with Crippen molar-refractivity contribution in [3.8, 4) is 5.75 Å². The summed E-state index contributed by atoms with van der Waals surface area (Å²) >= 11 is 1.18. The molecule has 0 bridgehead atoms. The zero-order valence-electron chi connectivity index (χ0n) is 14.5. The van der Waals surface area contributed by atoms with Crippen LogP contribution in [0.25, 0.3) is 0 Å². The number of unbranched alkanes of at least 4 members (excludes halogenated alkanes) is 1. The average molecular weight is 361 g/mol. The normalized spacial score (nSPS) is 10.5. The first-order valence-electron chi connectivity index (χ1n) is 8.24. The molecule has 6 heteroatoms. The topological polar surface area (TPSA) is 75.6 Å². The minimum atomic E-state index is -0.938. The van der Waals surface area contributed by atoms with E-state index in [9.17, 15) is 9.59 Å². The maximum Gasteiger partial charge on any atom is 0.345 e. The molecule has 0 radical (unpaired) electrons. The lowest BCUT2D eigenvalue weighted by Crippen LogP contribution is -2.22. The first kappa shape index (κ1) is 19.0. The van der Waals surface area contributed by atoms with Crippen LogP contribution in [0, 0.1) is 13.8 Å². The third-order valence-corrected chi connectivity index (χ3v) is 4.80. The van der Waals surface area contributed by atoms with Gasteiger partial charge in [0.2, 0.25) is 5.91 Å². The summed E-state index contributed by atoms with van der Waals surface area (Å²) in [5.41, 5.74) is 2.28. The van der Waals surface area contributed by atoms with Gasteiger partial charge in [-0.15, -0.1) is 11.3 Å². The van der Waals surface area contributed by atoms with E-state index in [0.29, 0.717) is 19.6 Å². The third kappa shape index (κ3) is 6.23. The maximum absolute atomic E-state index is 11.8. The van der Waals surface area contributed by atoms with Crippen molar-refractivity contribution in [3.05, 3.63) is 51.2 Å². The van der Waals surface area contributed by atoms with Crippen molar-refractivity contribution in [2.45, 2.75) is 39.7 Å². The van der Waals surface area contributed by atoms with Crippen molar-refractivity contribution in [2.75, 3.05) is 6.61 Å². The summed E-state index contributed by atoms with van der Waals surface area (Å²) < 4.78 is 5.77. The molecule has 2 N–H and O–H groups in total. The van der Waals surface area contributed by atoms with Crippen molar-refractivity contribution in [1.82, 2.24) is 5.32 Å². The summed E-state index contributed by atoms with van der Waals surface area (Å²) in [6.07, 6.45) is 2.00. The number of carboxylic acid groups (broad SMARTS) is 1. The summed E-state index contributed by atoms with van der Waals surface area (Å²) in [7, 11) is 0. The Bertz CT molecular complexity index is 739. The molecule has 25 heavy (non-hydrogen) atoms. The summed E-state index contributed by atoms with van der Waals surface area (Å²) in [5.74, 6) is -0.0696. The molecule has 2 aromatic rings. The molecule has 0 atom stereocenters. The van der Waals surface area contributed by atoms with E-state index in [1.807, 2.05) is 26.0 Å². The van der Waals surface area contributed by atoms with Crippen LogP contribution >= 0.6 is 11.3 Å². The van der Waals surface area contributed by atoms with Gasteiger partial charge in [0.05, 0.1) is 13.2 Å². The minimum absolute atomic E-state index is 0.0305. The van der Waals surface area contributed by atoms with Crippen LogP contribution in [0.4, 0.5) is 0 Å². The van der Waals surface area contributed by atoms with Crippen LogP contribution in [-0.2, 0) is 11.3 Å². The van der Waals surface area contributed by atoms with Gasteiger partial charge in [0.25, 0.3) is 0 Å². The van der Waals surface area contributed by atoms with Crippen LogP contribution in [0.15, 0.2) is 30.3 Å². The second-order valence-electron chi connectivity index (χ2n) is 5.92. The molecule has 0 saturated carbocycles. The lowest BCUT2D eigenvalue weighted by molar-refractivity contribution is -0.121. The van der Waals surface area contributed by atoms with E-state index in [-0.39, 0.29) is 10.8 Å². The minimum Gasteiger partial charge on any atom is -0.493 e. The van der Waals surface area contributed by atoms with E-state index in [1.165, 1.54) is 16.9 Å². The van der Waals surface area contributed by atoms with Crippen molar-refractivity contribution in [3.63, 3.8) is 0 Å². The molecule has 0 aliphatic rings. The van der Waals surface area contributed by atoms with Crippen LogP contribution < -0.4 is 10.1 Å². The predicted octanol–water partition coefficient (Wildman–Crippen LogP) is 3.93. The predicted molar refractivity (Wildman–Crippen MR) is 98.4 cm³/mol. The van der Waals surface area contributed by atoms with Crippen LogP contribution in [0.1, 0.15) is 44.9 Å². The molecule has 1 heterocycles. The Morgan fingerprint density at radius 1 is 1.16 bits per heavy atom. The first-order chi connectivity index (χ1) is 12.0. The molecule has 0 aliphatic carbocycles. The molecule has 0 saturated heterocycles. The van der Waals surface area contributed by atoms with Crippen molar-refractivity contribution >= 4 is 23.2 Å². The number of aryl methyl sites for hydroxylation is 2. The fourth-order valence-corrected chi connectivity index (χ4v) is 3.08. The molecule has 5 nitrogen and oxygen atoms in total. The highest BCUT2D eigenvalue weighted by molar-refractivity contribution is 7.13. The third-order valence-electron chi connectivity index (χ3n) is 3.73. The van der Waals surface area contributed by atoms with Crippen molar-refractivity contribution in [1.29, 1.82) is 0 Å². The van der Waals surface area contributed by atoms with Gasteiger partial charge in [0.1, 0.15) is 10.6 Å². The van der Waals surface area contributed by atoms with Crippen LogP contribution in [0.2, 0.25) is 0 Å². The maximum atomic E-state index is 11.8. The highest BCUT2D eigenvalue weighted by Crippen LogP contribution is 2.19. The van der Waals surface area contributed by atoms with E-state index in [0.717, 1.165) is 29.0 Å². The molecular weight excluding hydrogens is 338 g/mol. The van der Waals surface area contributed by atoms with Gasteiger partial charge in [-0.2, -0.15) is 0 Å². The number of hydrogen-bond donors (Lipinski definition) is 2.